The molecule has 1 fully saturated rings. The molecule has 0 N–H and O–H groups in total. The number of aromatic nitrogens is 1. The number of hydrogen-bond acceptors (Lipinski definition) is 7. The Balaban J connectivity index is 1.40. The number of pyridine rings is 1. The lowest BCUT2D eigenvalue weighted by Gasteiger charge is -2.37. The largest absolute Gasteiger partial charge is 0.468 e. The Kier molecular flexibility index (Phi) is 7.17. The average Bonchev–Trinajstić information content (AvgIpc) is 3.41. The molecule has 0 amide bonds. The average molecular weight is 540 g/mol. The van der Waals surface area contributed by atoms with Crippen LogP contribution in [0.25, 0.3) is 10.9 Å². The summed E-state index contributed by atoms with van der Waals surface area (Å²) in [6.07, 6.45) is 5.59. The normalized spacial score (nSPS) is 15.9. The van der Waals surface area contributed by atoms with Gasteiger partial charge in [0, 0.05) is 43.5 Å². The van der Waals surface area contributed by atoms with Gasteiger partial charge in [-0.15, -0.1) is 0 Å². The van der Waals surface area contributed by atoms with Crippen LogP contribution in [0, 0.1) is 0 Å². The lowest BCUT2D eigenvalue weighted by atomic mass is 10.0. The number of benzene rings is 2. The number of para-hydroxylation sites is 1. The fourth-order valence-electron chi connectivity index (χ4n) is 4.98. The molecule has 0 bridgehead atoms. The zero-order chi connectivity index (χ0) is 26.0. The molecule has 4 aromatic rings. The number of rotatable bonds is 8. The molecule has 8 nitrogen and oxygen atoms in total. The molecule has 1 aliphatic rings. The van der Waals surface area contributed by atoms with Crippen LogP contribution in [0.5, 0.6) is 0 Å². The monoisotopic (exact) mass is 539 g/mol. The molecule has 0 aliphatic carbocycles. The number of hydrogen-bond donors (Lipinski definition) is 0. The summed E-state index contributed by atoms with van der Waals surface area (Å²) in [5, 5.41) is 0.765. The molecule has 0 radical (unpaired) electrons. The topological polar surface area (TPSA) is 101 Å². The summed E-state index contributed by atoms with van der Waals surface area (Å²) in [5.74, 6) is 0.571. The first-order valence-electron chi connectivity index (χ1n) is 12.1. The summed E-state index contributed by atoms with van der Waals surface area (Å²) >= 11 is 0. The summed E-state index contributed by atoms with van der Waals surface area (Å²) in [4.78, 5) is 7.07. The SMILES string of the molecule is CS(=O)(=O)c1ccccc1CN1CCC(N(Cc2ccco2)S(=O)(=O)c2cccc3cccnc23)CC1. The van der Waals surface area contributed by atoms with Crippen LogP contribution < -0.4 is 0 Å². The van der Waals surface area contributed by atoms with E-state index in [1.54, 1.807) is 54.9 Å². The van der Waals surface area contributed by atoms with Gasteiger partial charge in [-0.1, -0.05) is 36.4 Å². The highest BCUT2D eigenvalue weighted by atomic mass is 32.2. The summed E-state index contributed by atoms with van der Waals surface area (Å²) in [6.45, 7) is 1.90. The van der Waals surface area contributed by atoms with Gasteiger partial charge in [0.2, 0.25) is 10.0 Å². The van der Waals surface area contributed by atoms with Gasteiger partial charge in [0.25, 0.3) is 0 Å². The summed E-state index contributed by atoms with van der Waals surface area (Å²) < 4.78 is 59.6. The fraction of sp³-hybridized carbons (Fsp3) is 0.296. The quantitative estimate of drug-likeness (QED) is 0.332. The molecule has 10 heteroatoms. The Morgan fingerprint density at radius 3 is 2.38 bits per heavy atom. The minimum Gasteiger partial charge on any atom is -0.468 e. The number of sulfone groups is 1. The van der Waals surface area contributed by atoms with Crippen LogP contribution in [0.15, 0.2) is 93.4 Å². The first-order valence-corrected chi connectivity index (χ1v) is 15.4. The molecular weight excluding hydrogens is 510 g/mol. The Morgan fingerprint density at radius 2 is 1.65 bits per heavy atom. The highest BCUT2D eigenvalue weighted by Crippen LogP contribution is 2.30. The zero-order valence-electron chi connectivity index (χ0n) is 20.5. The van der Waals surface area contributed by atoms with Crippen molar-refractivity contribution in [2.75, 3.05) is 19.3 Å². The molecule has 3 heterocycles. The molecule has 0 spiro atoms. The van der Waals surface area contributed by atoms with E-state index in [0.717, 1.165) is 10.9 Å². The van der Waals surface area contributed by atoms with Crippen LogP contribution in [-0.4, -0.2) is 56.4 Å². The number of likely N-dealkylation sites (tertiary alicyclic amines) is 1. The molecule has 0 saturated carbocycles. The van der Waals surface area contributed by atoms with Gasteiger partial charge in [0.15, 0.2) is 9.84 Å². The molecule has 194 valence electrons. The Labute approximate surface area is 217 Å². The molecule has 1 aliphatic heterocycles. The Hall–Kier alpha value is -3.05. The highest BCUT2D eigenvalue weighted by molar-refractivity contribution is 7.90. The summed E-state index contributed by atoms with van der Waals surface area (Å²) in [5.41, 5.74) is 1.20. The van der Waals surface area contributed by atoms with Gasteiger partial charge in [-0.2, -0.15) is 4.31 Å². The van der Waals surface area contributed by atoms with Gasteiger partial charge in [-0.05, 0) is 48.7 Å². The maximum Gasteiger partial charge on any atom is 0.245 e. The van der Waals surface area contributed by atoms with E-state index in [4.69, 9.17) is 4.42 Å². The van der Waals surface area contributed by atoms with E-state index in [-0.39, 0.29) is 17.5 Å². The van der Waals surface area contributed by atoms with Crippen molar-refractivity contribution < 1.29 is 21.3 Å². The van der Waals surface area contributed by atoms with Crippen LogP contribution in [0.2, 0.25) is 0 Å². The number of sulfonamides is 1. The van der Waals surface area contributed by atoms with Gasteiger partial charge >= 0.3 is 0 Å². The Morgan fingerprint density at radius 1 is 0.919 bits per heavy atom. The first-order chi connectivity index (χ1) is 17.7. The van der Waals surface area contributed by atoms with Crippen molar-refractivity contribution in [3.8, 4) is 0 Å². The predicted molar refractivity (Wildman–Crippen MR) is 141 cm³/mol. The number of nitrogens with zero attached hydrogens (tertiary/aromatic N) is 3. The molecular formula is C27H29N3O5S2. The third kappa shape index (κ3) is 5.47. The van der Waals surface area contributed by atoms with Gasteiger partial charge in [0.1, 0.15) is 10.7 Å². The van der Waals surface area contributed by atoms with Crippen LogP contribution >= 0.6 is 0 Å². The molecule has 0 unspecified atom stereocenters. The second-order valence-corrected chi connectivity index (χ2v) is 13.2. The van der Waals surface area contributed by atoms with Crippen LogP contribution in [0.4, 0.5) is 0 Å². The van der Waals surface area contributed by atoms with Gasteiger partial charge in [-0.3, -0.25) is 9.88 Å². The molecule has 0 atom stereocenters. The maximum atomic E-state index is 14.1. The van der Waals surface area contributed by atoms with E-state index in [1.807, 2.05) is 24.3 Å². The van der Waals surface area contributed by atoms with Crippen molar-refractivity contribution in [1.29, 1.82) is 0 Å². The van der Waals surface area contributed by atoms with Crippen molar-refractivity contribution in [3.05, 3.63) is 90.5 Å². The minimum absolute atomic E-state index is 0.125. The van der Waals surface area contributed by atoms with E-state index >= 15 is 0 Å². The van der Waals surface area contributed by atoms with Gasteiger partial charge in [-0.25, -0.2) is 16.8 Å². The lowest BCUT2D eigenvalue weighted by molar-refractivity contribution is 0.146. The first kappa shape index (κ1) is 25.6. The van der Waals surface area contributed by atoms with Crippen LogP contribution in [0.3, 0.4) is 0 Å². The van der Waals surface area contributed by atoms with Crippen molar-refractivity contribution in [2.45, 2.75) is 41.8 Å². The smallest absolute Gasteiger partial charge is 0.245 e. The number of furan rings is 1. The van der Waals surface area contributed by atoms with Crippen LogP contribution in [0.1, 0.15) is 24.2 Å². The van der Waals surface area contributed by atoms with Gasteiger partial charge in [0.05, 0.1) is 23.2 Å². The number of fused-ring (bicyclic) bond motifs is 1. The standard InChI is InChI=1S/C27H29N3O5S2/c1-36(31,32)25-11-3-2-7-22(25)19-29-16-13-23(14-17-29)30(20-24-10-6-18-35-24)37(33,34)26-12-4-8-21-9-5-15-28-27(21)26/h2-12,15,18,23H,13-14,16-17,19-20H2,1H3. The molecule has 37 heavy (non-hydrogen) atoms. The van der Waals surface area contributed by atoms with E-state index in [1.165, 1.54) is 10.6 Å². The van der Waals surface area contributed by atoms with E-state index in [2.05, 4.69) is 9.88 Å². The van der Waals surface area contributed by atoms with E-state index < -0.39 is 19.9 Å². The van der Waals surface area contributed by atoms with E-state index in [0.29, 0.717) is 48.6 Å². The minimum atomic E-state index is -3.89. The van der Waals surface area contributed by atoms with Crippen LogP contribution in [-0.2, 0) is 33.0 Å². The Bertz CT molecular complexity index is 1590. The highest BCUT2D eigenvalue weighted by Gasteiger charge is 2.36. The molecule has 1 saturated heterocycles. The zero-order valence-corrected chi connectivity index (χ0v) is 22.2. The van der Waals surface area contributed by atoms with Crippen molar-refractivity contribution >= 4 is 30.8 Å². The predicted octanol–water partition coefficient (Wildman–Crippen LogP) is 4.09. The third-order valence-electron chi connectivity index (χ3n) is 6.80. The second-order valence-electron chi connectivity index (χ2n) is 9.35. The van der Waals surface area contributed by atoms with E-state index in [9.17, 15) is 16.8 Å². The molecule has 5 rings (SSSR count). The molecule has 2 aromatic heterocycles. The van der Waals surface area contributed by atoms with Crippen molar-refractivity contribution in [2.24, 2.45) is 0 Å². The lowest BCUT2D eigenvalue weighted by Crippen LogP contribution is -2.46. The second kappa shape index (κ2) is 10.4. The number of piperidine rings is 1. The third-order valence-corrected chi connectivity index (χ3v) is 9.93. The van der Waals surface area contributed by atoms with Crippen molar-refractivity contribution in [3.63, 3.8) is 0 Å². The van der Waals surface area contributed by atoms with Gasteiger partial charge < -0.3 is 4.42 Å². The maximum absolute atomic E-state index is 14.1. The molecule has 2 aromatic carbocycles. The summed E-state index contributed by atoms with van der Waals surface area (Å²) in [7, 11) is -7.23. The fourth-order valence-corrected chi connectivity index (χ4v) is 7.73. The summed E-state index contributed by atoms with van der Waals surface area (Å²) in [6, 6.07) is 19.2. The van der Waals surface area contributed by atoms with Crippen molar-refractivity contribution in [1.82, 2.24) is 14.2 Å².